The Morgan fingerprint density at radius 3 is 3.05 bits per heavy atom. The molecule has 1 N–H and O–H groups in total. The second-order valence-corrected chi connectivity index (χ2v) is 5.45. The van der Waals surface area contributed by atoms with Crippen LogP contribution in [0.25, 0.3) is 0 Å². The molecule has 1 aliphatic heterocycles. The monoisotopic (exact) mass is 279 g/mol. The number of carbonyl (C=O) groups excluding carboxylic acids is 1. The number of nitrogens with zero attached hydrogens (tertiary/aromatic N) is 2. The predicted molar refractivity (Wildman–Crippen MR) is 78.6 cm³/mol. The first-order chi connectivity index (χ1) is 9.65. The zero-order chi connectivity index (χ0) is 14.5. The fraction of sp³-hybridized carbons (Fsp3) is 0.733. The minimum absolute atomic E-state index is 0.0433. The van der Waals surface area contributed by atoms with E-state index in [4.69, 9.17) is 4.74 Å². The third-order valence-corrected chi connectivity index (χ3v) is 3.87. The van der Waals surface area contributed by atoms with Gasteiger partial charge in [-0.1, -0.05) is 20.3 Å². The van der Waals surface area contributed by atoms with E-state index in [0.717, 1.165) is 50.2 Å². The summed E-state index contributed by atoms with van der Waals surface area (Å²) in [7, 11) is 1.86. The summed E-state index contributed by atoms with van der Waals surface area (Å²) in [4.78, 5) is 12.4. The number of aryl methyl sites for hydroxylation is 2. The number of rotatable bonds is 5. The van der Waals surface area contributed by atoms with Crippen LogP contribution in [0.2, 0.25) is 0 Å². The van der Waals surface area contributed by atoms with E-state index in [1.54, 1.807) is 4.68 Å². The maximum Gasteiger partial charge on any atom is 0.231 e. The van der Waals surface area contributed by atoms with Gasteiger partial charge in [0.2, 0.25) is 5.91 Å². The molecule has 1 amide bonds. The first-order valence-electron chi connectivity index (χ1n) is 7.61. The molecule has 2 unspecified atom stereocenters. The number of hydrogen-bond acceptors (Lipinski definition) is 3. The van der Waals surface area contributed by atoms with Crippen molar-refractivity contribution in [1.29, 1.82) is 0 Å². The number of aromatic nitrogens is 2. The Bertz CT molecular complexity index is 456. The van der Waals surface area contributed by atoms with E-state index < -0.39 is 0 Å². The van der Waals surface area contributed by atoms with E-state index in [9.17, 15) is 4.79 Å². The minimum atomic E-state index is -0.0433. The van der Waals surface area contributed by atoms with Crippen LogP contribution >= 0.6 is 0 Å². The molecule has 5 heteroatoms. The van der Waals surface area contributed by atoms with Crippen molar-refractivity contribution < 1.29 is 9.53 Å². The summed E-state index contributed by atoms with van der Waals surface area (Å²) >= 11 is 0. The van der Waals surface area contributed by atoms with E-state index in [-0.39, 0.29) is 17.9 Å². The molecule has 0 aromatic carbocycles. The minimum Gasteiger partial charge on any atom is -0.377 e. The molecule has 0 bridgehead atoms. The molecule has 1 aromatic rings. The number of amides is 1. The topological polar surface area (TPSA) is 56.1 Å². The number of carbonyl (C=O) groups is 1. The van der Waals surface area contributed by atoms with Crippen molar-refractivity contribution in [3.8, 4) is 0 Å². The van der Waals surface area contributed by atoms with E-state index in [1.165, 1.54) is 0 Å². The molecule has 1 aromatic heterocycles. The molecule has 2 rings (SSSR count). The lowest BCUT2D eigenvalue weighted by Crippen LogP contribution is -2.38. The van der Waals surface area contributed by atoms with E-state index in [1.807, 2.05) is 13.1 Å². The van der Waals surface area contributed by atoms with E-state index >= 15 is 0 Å². The number of anilines is 1. The van der Waals surface area contributed by atoms with E-state index in [0.29, 0.717) is 0 Å². The van der Waals surface area contributed by atoms with Crippen LogP contribution < -0.4 is 5.32 Å². The second-order valence-electron chi connectivity index (χ2n) is 5.45. The van der Waals surface area contributed by atoms with Gasteiger partial charge in [0, 0.05) is 19.7 Å². The summed E-state index contributed by atoms with van der Waals surface area (Å²) in [6.07, 6.45) is 4.79. The average Bonchev–Trinajstić information content (AvgIpc) is 2.79. The maximum absolute atomic E-state index is 12.4. The fourth-order valence-corrected chi connectivity index (χ4v) is 2.78. The fourth-order valence-electron chi connectivity index (χ4n) is 2.78. The van der Waals surface area contributed by atoms with Gasteiger partial charge in [0.05, 0.1) is 17.7 Å². The van der Waals surface area contributed by atoms with Crippen LogP contribution in [0, 0.1) is 5.92 Å². The molecule has 1 saturated heterocycles. The van der Waals surface area contributed by atoms with Gasteiger partial charge < -0.3 is 10.1 Å². The molecular formula is C15H25N3O2. The maximum atomic E-state index is 12.4. The van der Waals surface area contributed by atoms with Gasteiger partial charge in [-0.05, 0) is 25.7 Å². The molecule has 0 saturated carbocycles. The molecule has 0 aliphatic carbocycles. The highest BCUT2D eigenvalue weighted by Gasteiger charge is 2.31. The van der Waals surface area contributed by atoms with Gasteiger partial charge >= 0.3 is 0 Å². The molecule has 112 valence electrons. The van der Waals surface area contributed by atoms with Crippen LogP contribution in [0.5, 0.6) is 0 Å². The number of hydrogen-bond donors (Lipinski definition) is 1. The summed E-state index contributed by atoms with van der Waals surface area (Å²) in [5, 5.41) is 7.41. The van der Waals surface area contributed by atoms with Crippen LogP contribution in [0.4, 0.5) is 5.82 Å². The van der Waals surface area contributed by atoms with Crippen LogP contribution in [-0.4, -0.2) is 28.4 Å². The summed E-state index contributed by atoms with van der Waals surface area (Å²) < 4.78 is 7.43. The van der Waals surface area contributed by atoms with Gasteiger partial charge in [-0.25, -0.2) is 0 Å². The normalized spacial score (nSPS) is 22.8. The Kier molecular flexibility index (Phi) is 5.17. The molecule has 0 radical (unpaired) electrons. The first kappa shape index (κ1) is 15.0. The zero-order valence-electron chi connectivity index (χ0n) is 12.7. The van der Waals surface area contributed by atoms with Gasteiger partial charge in [0.1, 0.15) is 5.82 Å². The van der Waals surface area contributed by atoms with Crippen LogP contribution in [0.3, 0.4) is 0 Å². The van der Waals surface area contributed by atoms with E-state index in [2.05, 4.69) is 24.3 Å². The summed E-state index contributed by atoms with van der Waals surface area (Å²) in [5.74, 6) is 0.791. The quantitative estimate of drug-likeness (QED) is 0.901. The molecule has 2 heterocycles. The summed E-state index contributed by atoms with van der Waals surface area (Å²) in [6, 6.07) is 1.96. The second kappa shape index (κ2) is 6.88. The third-order valence-electron chi connectivity index (χ3n) is 3.87. The van der Waals surface area contributed by atoms with Gasteiger partial charge in [0.15, 0.2) is 0 Å². The Hall–Kier alpha value is -1.36. The Morgan fingerprint density at radius 2 is 2.35 bits per heavy atom. The lowest BCUT2D eigenvalue weighted by atomic mass is 9.92. The lowest BCUT2D eigenvalue weighted by Gasteiger charge is -2.29. The largest absolute Gasteiger partial charge is 0.377 e. The predicted octanol–water partition coefficient (Wildman–Crippen LogP) is 2.52. The average molecular weight is 279 g/mol. The standard InChI is InChI=1S/C15H25N3O2/c1-4-7-11-10-14(18(3)17-11)16-15(19)12-8-6-9-20-13(12)5-2/h10,12-13H,4-9H2,1-3H3,(H,16,19). The SMILES string of the molecule is CCCc1cc(NC(=O)C2CCCOC2CC)n(C)n1. The number of ether oxygens (including phenoxy) is 1. The van der Waals surface area contributed by atoms with Crippen molar-refractivity contribution in [3.63, 3.8) is 0 Å². The molecule has 1 aliphatic rings. The highest BCUT2D eigenvalue weighted by atomic mass is 16.5. The molecular weight excluding hydrogens is 254 g/mol. The zero-order valence-corrected chi connectivity index (χ0v) is 12.7. The molecule has 20 heavy (non-hydrogen) atoms. The van der Waals surface area contributed by atoms with Gasteiger partial charge in [-0.15, -0.1) is 0 Å². The Labute approximate surface area is 120 Å². The van der Waals surface area contributed by atoms with Gasteiger partial charge in [-0.2, -0.15) is 5.10 Å². The molecule has 1 fully saturated rings. The highest BCUT2D eigenvalue weighted by molar-refractivity contribution is 5.92. The van der Waals surface area contributed by atoms with Crippen molar-refractivity contribution in [1.82, 2.24) is 9.78 Å². The third kappa shape index (κ3) is 3.39. The lowest BCUT2D eigenvalue weighted by molar-refractivity contribution is -0.129. The molecule has 5 nitrogen and oxygen atoms in total. The van der Waals surface area contributed by atoms with Gasteiger partial charge in [-0.3, -0.25) is 9.48 Å². The molecule has 2 atom stereocenters. The van der Waals surface area contributed by atoms with Crippen molar-refractivity contribution >= 4 is 11.7 Å². The van der Waals surface area contributed by atoms with Crippen molar-refractivity contribution in [2.45, 2.75) is 52.1 Å². The highest BCUT2D eigenvalue weighted by Crippen LogP contribution is 2.24. The Morgan fingerprint density at radius 1 is 1.55 bits per heavy atom. The molecule has 0 spiro atoms. The number of nitrogens with one attached hydrogen (secondary N) is 1. The van der Waals surface area contributed by atoms with Crippen LogP contribution in [-0.2, 0) is 23.0 Å². The summed E-state index contributed by atoms with van der Waals surface area (Å²) in [5.41, 5.74) is 1.03. The van der Waals surface area contributed by atoms with Crippen molar-refractivity contribution in [2.75, 3.05) is 11.9 Å². The van der Waals surface area contributed by atoms with Crippen molar-refractivity contribution in [2.24, 2.45) is 13.0 Å². The first-order valence-corrected chi connectivity index (χ1v) is 7.61. The van der Waals surface area contributed by atoms with Gasteiger partial charge in [0.25, 0.3) is 0 Å². The Balaban J connectivity index is 2.03. The smallest absolute Gasteiger partial charge is 0.231 e. The van der Waals surface area contributed by atoms with Crippen LogP contribution in [0.1, 0.15) is 45.2 Å². The summed E-state index contributed by atoms with van der Waals surface area (Å²) in [6.45, 7) is 4.96. The van der Waals surface area contributed by atoms with Crippen LogP contribution in [0.15, 0.2) is 6.07 Å². The van der Waals surface area contributed by atoms with Crippen molar-refractivity contribution in [3.05, 3.63) is 11.8 Å².